The van der Waals surface area contributed by atoms with Gasteiger partial charge in [0.2, 0.25) is 0 Å². The lowest BCUT2D eigenvalue weighted by molar-refractivity contribution is -0.110. The van der Waals surface area contributed by atoms with Crippen molar-refractivity contribution >= 4 is 17.2 Å². The zero-order valence-corrected chi connectivity index (χ0v) is 9.66. The number of carbonyl (C=O) groups is 1. The fraction of sp³-hybridized carbons (Fsp3) is 0.308. The minimum absolute atomic E-state index is 0.00639. The van der Waals surface area contributed by atoms with Gasteiger partial charge in [-0.1, -0.05) is 18.2 Å². The fourth-order valence-corrected chi connectivity index (χ4v) is 1.86. The van der Waals surface area contributed by atoms with E-state index < -0.39 is 0 Å². The van der Waals surface area contributed by atoms with Crippen molar-refractivity contribution in [2.45, 2.75) is 13.8 Å². The van der Waals surface area contributed by atoms with Gasteiger partial charge in [0.1, 0.15) is 0 Å². The first-order chi connectivity index (χ1) is 7.76. The molecule has 1 amide bonds. The summed E-state index contributed by atoms with van der Waals surface area (Å²) in [7, 11) is 0. The summed E-state index contributed by atoms with van der Waals surface area (Å²) in [6, 6.07) is 7.79. The molecule has 0 unspecified atom stereocenters. The van der Waals surface area contributed by atoms with Crippen LogP contribution in [0.4, 0.5) is 5.69 Å². The molecule has 1 N–H and O–H groups in total. The molecule has 0 aromatic heterocycles. The molecular formula is C13H16N2O. The van der Waals surface area contributed by atoms with Gasteiger partial charge in [0.05, 0.1) is 5.57 Å². The van der Waals surface area contributed by atoms with Crippen molar-refractivity contribution < 1.29 is 4.79 Å². The smallest absolute Gasteiger partial charge is 0.257 e. The fourth-order valence-electron chi connectivity index (χ4n) is 1.86. The van der Waals surface area contributed by atoms with Crippen LogP contribution in [0.2, 0.25) is 0 Å². The summed E-state index contributed by atoms with van der Waals surface area (Å²) < 4.78 is 0. The van der Waals surface area contributed by atoms with Crippen LogP contribution < -0.4 is 5.32 Å². The predicted molar refractivity (Wildman–Crippen MR) is 66.0 cm³/mol. The minimum atomic E-state index is -0.00639. The second-order valence-corrected chi connectivity index (χ2v) is 3.76. The molecule has 16 heavy (non-hydrogen) atoms. The Labute approximate surface area is 95.8 Å². The lowest BCUT2D eigenvalue weighted by Gasteiger charge is -2.15. The quantitative estimate of drug-likeness (QED) is 0.786. The topological polar surface area (TPSA) is 32.3 Å². The van der Waals surface area contributed by atoms with Crippen molar-refractivity contribution in [1.29, 1.82) is 0 Å². The number of nitrogens with one attached hydrogen (secondary N) is 1. The monoisotopic (exact) mass is 216 g/mol. The van der Waals surface area contributed by atoms with E-state index in [4.69, 9.17) is 0 Å². The third kappa shape index (κ3) is 1.81. The van der Waals surface area contributed by atoms with Crippen LogP contribution in [0.25, 0.3) is 5.57 Å². The number of benzene rings is 1. The molecule has 1 aliphatic rings. The highest BCUT2D eigenvalue weighted by Gasteiger charge is 2.23. The average molecular weight is 216 g/mol. The second-order valence-electron chi connectivity index (χ2n) is 3.76. The van der Waals surface area contributed by atoms with E-state index >= 15 is 0 Å². The number of fused-ring (bicyclic) bond motifs is 1. The zero-order chi connectivity index (χ0) is 11.5. The van der Waals surface area contributed by atoms with Crippen molar-refractivity contribution in [3.05, 3.63) is 36.0 Å². The first-order valence-corrected chi connectivity index (χ1v) is 5.63. The summed E-state index contributed by atoms with van der Waals surface area (Å²) in [5.41, 5.74) is 2.67. The molecule has 84 valence electrons. The molecule has 3 heteroatoms. The van der Waals surface area contributed by atoms with Crippen molar-refractivity contribution in [2.24, 2.45) is 0 Å². The maximum atomic E-state index is 11.8. The van der Waals surface area contributed by atoms with E-state index in [0.29, 0.717) is 0 Å². The number of carbonyl (C=O) groups excluding carboxylic acids is 1. The van der Waals surface area contributed by atoms with Crippen LogP contribution in [0, 0.1) is 0 Å². The lowest BCUT2D eigenvalue weighted by atomic mass is 10.1. The Morgan fingerprint density at radius 1 is 1.25 bits per heavy atom. The molecule has 3 nitrogen and oxygen atoms in total. The molecule has 0 radical (unpaired) electrons. The Balaban J connectivity index is 2.38. The summed E-state index contributed by atoms with van der Waals surface area (Å²) in [6.07, 6.45) is 1.95. The van der Waals surface area contributed by atoms with Gasteiger partial charge in [0.15, 0.2) is 0 Å². The number of amides is 1. The van der Waals surface area contributed by atoms with Crippen LogP contribution in [-0.4, -0.2) is 23.9 Å². The van der Waals surface area contributed by atoms with Crippen LogP contribution in [0.3, 0.4) is 0 Å². The van der Waals surface area contributed by atoms with E-state index in [0.717, 1.165) is 29.9 Å². The van der Waals surface area contributed by atoms with Gasteiger partial charge in [0.25, 0.3) is 5.91 Å². The van der Waals surface area contributed by atoms with Crippen LogP contribution in [-0.2, 0) is 4.79 Å². The SMILES string of the molecule is CCN(/C=C1\C(=O)Nc2ccccc21)CC. The third-order valence-corrected chi connectivity index (χ3v) is 2.83. The molecule has 1 aromatic carbocycles. The molecule has 1 aliphatic heterocycles. The van der Waals surface area contributed by atoms with E-state index in [-0.39, 0.29) is 5.91 Å². The van der Waals surface area contributed by atoms with Crippen molar-refractivity contribution in [2.75, 3.05) is 18.4 Å². The van der Waals surface area contributed by atoms with Gasteiger partial charge in [0, 0.05) is 30.5 Å². The largest absolute Gasteiger partial charge is 0.377 e. The van der Waals surface area contributed by atoms with Gasteiger partial charge >= 0.3 is 0 Å². The Morgan fingerprint density at radius 2 is 1.94 bits per heavy atom. The Kier molecular flexibility index (Phi) is 2.95. The van der Waals surface area contributed by atoms with Crippen molar-refractivity contribution in [1.82, 2.24) is 4.90 Å². The van der Waals surface area contributed by atoms with Crippen molar-refractivity contribution in [3.63, 3.8) is 0 Å². The molecule has 1 aromatic rings. The van der Waals surface area contributed by atoms with Crippen LogP contribution >= 0.6 is 0 Å². The van der Waals surface area contributed by atoms with E-state index in [2.05, 4.69) is 24.1 Å². The van der Waals surface area contributed by atoms with E-state index in [1.165, 1.54) is 0 Å². The van der Waals surface area contributed by atoms with E-state index in [9.17, 15) is 4.79 Å². The Bertz CT molecular complexity index is 433. The number of hydrogen-bond acceptors (Lipinski definition) is 2. The van der Waals surface area contributed by atoms with E-state index in [1.54, 1.807) is 0 Å². The van der Waals surface area contributed by atoms with Gasteiger partial charge in [-0.2, -0.15) is 0 Å². The summed E-state index contributed by atoms with van der Waals surface area (Å²) in [4.78, 5) is 13.9. The molecular weight excluding hydrogens is 200 g/mol. The summed E-state index contributed by atoms with van der Waals surface area (Å²) >= 11 is 0. The number of anilines is 1. The van der Waals surface area contributed by atoms with Crippen LogP contribution in [0.5, 0.6) is 0 Å². The molecule has 0 saturated heterocycles. The third-order valence-electron chi connectivity index (χ3n) is 2.83. The summed E-state index contributed by atoms with van der Waals surface area (Å²) in [6.45, 7) is 5.99. The highest BCUT2D eigenvalue weighted by atomic mass is 16.2. The minimum Gasteiger partial charge on any atom is -0.377 e. The predicted octanol–water partition coefficient (Wildman–Crippen LogP) is 2.32. The molecule has 0 fully saturated rings. The normalized spacial score (nSPS) is 16.1. The molecule has 0 aliphatic carbocycles. The van der Waals surface area contributed by atoms with Crippen molar-refractivity contribution in [3.8, 4) is 0 Å². The number of rotatable bonds is 3. The zero-order valence-electron chi connectivity index (χ0n) is 9.66. The number of hydrogen-bond donors (Lipinski definition) is 1. The maximum Gasteiger partial charge on any atom is 0.257 e. The highest BCUT2D eigenvalue weighted by Crippen LogP contribution is 2.31. The second kappa shape index (κ2) is 4.39. The Hall–Kier alpha value is -1.77. The highest BCUT2D eigenvalue weighted by molar-refractivity contribution is 6.31. The summed E-state index contributed by atoms with van der Waals surface area (Å²) in [5, 5.41) is 2.87. The van der Waals surface area contributed by atoms with E-state index in [1.807, 2.05) is 30.5 Å². The average Bonchev–Trinajstić information content (AvgIpc) is 2.62. The maximum absolute atomic E-state index is 11.8. The number of nitrogens with zero attached hydrogens (tertiary/aromatic N) is 1. The Morgan fingerprint density at radius 3 is 2.62 bits per heavy atom. The van der Waals surface area contributed by atoms with Crippen LogP contribution in [0.15, 0.2) is 30.5 Å². The molecule has 0 atom stereocenters. The first-order valence-electron chi connectivity index (χ1n) is 5.63. The van der Waals surface area contributed by atoms with Gasteiger partial charge in [-0.05, 0) is 19.9 Å². The molecule has 1 heterocycles. The molecule has 0 saturated carbocycles. The van der Waals surface area contributed by atoms with Gasteiger partial charge in [-0.25, -0.2) is 0 Å². The van der Waals surface area contributed by atoms with Gasteiger partial charge in [-0.3, -0.25) is 4.79 Å². The van der Waals surface area contributed by atoms with Crippen LogP contribution in [0.1, 0.15) is 19.4 Å². The van der Waals surface area contributed by atoms with Gasteiger partial charge in [-0.15, -0.1) is 0 Å². The number of para-hydroxylation sites is 1. The lowest BCUT2D eigenvalue weighted by Crippen LogP contribution is -2.17. The first kappa shape index (κ1) is 10.7. The summed E-state index contributed by atoms with van der Waals surface area (Å²) in [5.74, 6) is -0.00639. The van der Waals surface area contributed by atoms with Gasteiger partial charge < -0.3 is 10.2 Å². The molecule has 0 bridgehead atoms. The molecule has 0 spiro atoms. The molecule has 2 rings (SSSR count). The standard InChI is InChI=1S/C13H16N2O/c1-3-15(4-2)9-11-10-7-5-6-8-12(10)14-13(11)16/h5-9H,3-4H2,1-2H3,(H,14,16)/b11-9-.